The van der Waals surface area contributed by atoms with Crippen molar-refractivity contribution in [1.29, 1.82) is 0 Å². The Hall–Kier alpha value is -3.96. The van der Waals surface area contributed by atoms with E-state index >= 15 is 0 Å². The van der Waals surface area contributed by atoms with Crippen LogP contribution in [0.5, 0.6) is 5.88 Å². The van der Waals surface area contributed by atoms with Crippen molar-refractivity contribution < 1.29 is 27.5 Å². The van der Waals surface area contributed by atoms with Gasteiger partial charge in [0, 0.05) is 24.5 Å². The van der Waals surface area contributed by atoms with Gasteiger partial charge in [-0.15, -0.1) is 0 Å². The van der Waals surface area contributed by atoms with Crippen LogP contribution in [0.25, 0.3) is 11.3 Å². The van der Waals surface area contributed by atoms with Gasteiger partial charge in [-0.1, -0.05) is 0 Å². The first kappa shape index (κ1) is 25.1. The lowest BCUT2D eigenvalue weighted by Gasteiger charge is -2.19. The van der Waals surface area contributed by atoms with Gasteiger partial charge >= 0.3 is 6.18 Å². The summed E-state index contributed by atoms with van der Waals surface area (Å²) in [5.41, 5.74) is 3.08. The molecule has 0 saturated carbocycles. The van der Waals surface area contributed by atoms with Crippen molar-refractivity contribution in [2.75, 3.05) is 18.1 Å². The minimum atomic E-state index is -4.43. The van der Waals surface area contributed by atoms with Crippen LogP contribution in [0.1, 0.15) is 58.8 Å². The fraction of sp³-hybridized carbons (Fsp3) is 0.375. The van der Waals surface area contributed by atoms with Crippen molar-refractivity contribution in [3.8, 4) is 17.1 Å². The van der Waals surface area contributed by atoms with Crippen LogP contribution in [0.2, 0.25) is 0 Å². The monoisotopic (exact) mass is 502 g/mol. The number of amides is 2. The van der Waals surface area contributed by atoms with Gasteiger partial charge in [0.15, 0.2) is 0 Å². The van der Waals surface area contributed by atoms with E-state index < -0.39 is 18.8 Å². The van der Waals surface area contributed by atoms with Crippen molar-refractivity contribution in [3.63, 3.8) is 0 Å². The molecule has 1 unspecified atom stereocenters. The molecule has 3 aromatic rings. The number of alkyl halides is 3. The highest BCUT2D eigenvalue weighted by atomic mass is 19.4. The molecule has 0 radical (unpaired) electrons. The third-order valence-corrected chi connectivity index (χ3v) is 5.71. The molecule has 0 spiro atoms. The van der Waals surface area contributed by atoms with Crippen molar-refractivity contribution in [2.24, 2.45) is 0 Å². The predicted molar refractivity (Wildman–Crippen MR) is 125 cm³/mol. The number of carbonyl (C=O) groups excluding carboxylic acids is 2. The molecule has 4 heterocycles. The summed E-state index contributed by atoms with van der Waals surface area (Å²) in [6.07, 6.45) is -0.461. The van der Waals surface area contributed by atoms with Gasteiger partial charge in [-0.3, -0.25) is 19.2 Å². The van der Waals surface area contributed by atoms with Crippen LogP contribution < -0.4 is 15.0 Å². The highest BCUT2D eigenvalue weighted by molar-refractivity contribution is 6.11. The Labute approximate surface area is 205 Å². The van der Waals surface area contributed by atoms with Gasteiger partial charge in [0.2, 0.25) is 5.88 Å². The van der Waals surface area contributed by atoms with Crippen LogP contribution in [0.15, 0.2) is 30.7 Å². The Bertz CT molecular complexity index is 1320. The van der Waals surface area contributed by atoms with Crippen LogP contribution in [0.3, 0.4) is 0 Å². The smallest absolute Gasteiger partial charge is 0.408 e. The summed E-state index contributed by atoms with van der Waals surface area (Å²) in [5, 5.41) is 6.49. The third-order valence-electron chi connectivity index (χ3n) is 5.71. The van der Waals surface area contributed by atoms with Gasteiger partial charge < -0.3 is 10.1 Å². The predicted octanol–water partition coefficient (Wildman–Crippen LogP) is 4.08. The number of anilines is 1. The summed E-state index contributed by atoms with van der Waals surface area (Å²) in [6, 6.07) is 2.81. The number of pyridine rings is 2. The second kappa shape index (κ2) is 9.59. The van der Waals surface area contributed by atoms with E-state index in [0.29, 0.717) is 41.2 Å². The highest BCUT2D eigenvalue weighted by Crippen LogP contribution is 2.39. The van der Waals surface area contributed by atoms with Gasteiger partial charge in [0.1, 0.15) is 12.1 Å². The molecule has 9 nitrogen and oxygen atoms in total. The molecule has 1 aliphatic heterocycles. The van der Waals surface area contributed by atoms with E-state index in [1.165, 1.54) is 17.3 Å². The Morgan fingerprint density at radius 1 is 1.22 bits per heavy atom. The van der Waals surface area contributed by atoms with Crippen LogP contribution in [0.4, 0.5) is 18.9 Å². The second-order valence-electron chi connectivity index (χ2n) is 8.32. The van der Waals surface area contributed by atoms with Gasteiger partial charge in [0.25, 0.3) is 11.8 Å². The molecule has 12 heteroatoms. The summed E-state index contributed by atoms with van der Waals surface area (Å²) in [5.74, 6) is -0.497. The quantitative estimate of drug-likeness (QED) is 0.522. The number of nitrogens with one attached hydrogen (secondary N) is 1. The van der Waals surface area contributed by atoms with E-state index in [2.05, 4.69) is 15.4 Å². The SMILES string of the molecule is CCNC(=O)c1cc(-c2cc(C)c3c(n2)C(C)N(c2cnn(CC(F)(F)F)c2)C3=O)cnc1OCC. The van der Waals surface area contributed by atoms with Gasteiger partial charge in [-0.25, -0.2) is 9.97 Å². The normalized spacial score (nSPS) is 15.2. The second-order valence-corrected chi connectivity index (χ2v) is 8.32. The number of halogens is 3. The Morgan fingerprint density at radius 3 is 2.64 bits per heavy atom. The van der Waals surface area contributed by atoms with Crippen molar-refractivity contribution in [2.45, 2.75) is 46.5 Å². The van der Waals surface area contributed by atoms with Crippen LogP contribution in [-0.2, 0) is 6.54 Å². The number of carbonyl (C=O) groups is 2. The van der Waals surface area contributed by atoms with E-state index in [4.69, 9.17) is 9.72 Å². The van der Waals surface area contributed by atoms with Crippen molar-refractivity contribution in [3.05, 3.63) is 53.1 Å². The molecule has 0 bridgehead atoms. The number of nitrogens with zero attached hydrogens (tertiary/aromatic N) is 5. The molecule has 0 saturated heterocycles. The van der Waals surface area contributed by atoms with Crippen LogP contribution in [-0.4, -0.2) is 50.9 Å². The fourth-order valence-corrected chi connectivity index (χ4v) is 4.19. The maximum absolute atomic E-state index is 13.2. The lowest BCUT2D eigenvalue weighted by atomic mass is 10.0. The molecular weight excluding hydrogens is 477 g/mol. The molecule has 0 fully saturated rings. The zero-order valence-corrected chi connectivity index (χ0v) is 20.2. The van der Waals surface area contributed by atoms with Gasteiger partial charge in [0.05, 0.1) is 41.5 Å². The average Bonchev–Trinajstić information content (AvgIpc) is 3.34. The van der Waals surface area contributed by atoms with Gasteiger partial charge in [-0.2, -0.15) is 18.3 Å². The maximum atomic E-state index is 13.2. The minimum Gasteiger partial charge on any atom is -0.477 e. The van der Waals surface area contributed by atoms with Crippen molar-refractivity contribution >= 4 is 17.5 Å². The summed E-state index contributed by atoms with van der Waals surface area (Å²) in [6.45, 7) is 6.62. The fourth-order valence-electron chi connectivity index (χ4n) is 4.19. The zero-order chi connectivity index (χ0) is 26.2. The Balaban J connectivity index is 1.71. The summed E-state index contributed by atoms with van der Waals surface area (Å²) >= 11 is 0. The number of aromatic nitrogens is 4. The van der Waals surface area contributed by atoms with Gasteiger partial charge in [-0.05, 0) is 45.4 Å². The van der Waals surface area contributed by atoms with E-state index in [9.17, 15) is 22.8 Å². The molecule has 1 aliphatic rings. The molecule has 1 N–H and O–H groups in total. The summed E-state index contributed by atoms with van der Waals surface area (Å²) < 4.78 is 44.5. The molecular formula is C24H25F3N6O3. The van der Waals surface area contributed by atoms with E-state index in [-0.39, 0.29) is 28.9 Å². The lowest BCUT2D eigenvalue weighted by molar-refractivity contribution is -0.142. The average molecular weight is 502 g/mol. The molecule has 3 aromatic heterocycles. The minimum absolute atomic E-state index is 0.204. The summed E-state index contributed by atoms with van der Waals surface area (Å²) in [7, 11) is 0. The van der Waals surface area contributed by atoms with Crippen LogP contribution >= 0.6 is 0 Å². The Kier molecular flexibility index (Phi) is 6.70. The number of fused-ring (bicyclic) bond motifs is 1. The molecule has 2 amide bonds. The molecule has 190 valence electrons. The number of ether oxygens (including phenoxy) is 1. The maximum Gasteiger partial charge on any atom is 0.408 e. The molecule has 36 heavy (non-hydrogen) atoms. The number of rotatable bonds is 7. The standard InChI is InChI=1S/C24H25F3N6O3/c1-5-28-21(34)17-8-15(9-29-22(17)36-6-2)18-7-13(3)19-20(31-18)14(4)33(23(19)35)16-10-30-32(11-16)12-24(25,26)27/h7-11,14H,5-6,12H2,1-4H3,(H,28,34). The first-order valence-electron chi connectivity index (χ1n) is 11.4. The van der Waals surface area contributed by atoms with E-state index in [0.717, 1.165) is 4.68 Å². The zero-order valence-electron chi connectivity index (χ0n) is 20.2. The first-order valence-corrected chi connectivity index (χ1v) is 11.4. The number of aryl methyl sites for hydroxylation is 1. The lowest BCUT2D eigenvalue weighted by Crippen LogP contribution is -2.26. The third kappa shape index (κ3) is 4.75. The largest absolute Gasteiger partial charge is 0.477 e. The molecule has 4 rings (SSSR count). The first-order chi connectivity index (χ1) is 17.0. The topological polar surface area (TPSA) is 102 Å². The molecule has 0 aromatic carbocycles. The van der Waals surface area contributed by atoms with E-state index in [1.54, 1.807) is 46.0 Å². The molecule has 0 aliphatic carbocycles. The van der Waals surface area contributed by atoms with Crippen molar-refractivity contribution in [1.82, 2.24) is 25.1 Å². The Morgan fingerprint density at radius 2 is 1.97 bits per heavy atom. The van der Waals surface area contributed by atoms with E-state index in [1.807, 2.05) is 0 Å². The van der Waals surface area contributed by atoms with Crippen LogP contribution in [0, 0.1) is 6.92 Å². The molecule has 1 atom stereocenters. The summed E-state index contributed by atoms with van der Waals surface area (Å²) in [4.78, 5) is 36.2. The number of hydrogen-bond donors (Lipinski definition) is 1. The highest BCUT2D eigenvalue weighted by Gasteiger charge is 2.39. The number of hydrogen-bond acceptors (Lipinski definition) is 6.